The van der Waals surface area contributed by atoms with Crippen LogP contribution in [0.5, 0.6) is 17.2 Å². The zero-order valence-electron chi connectivity index (χ0n) is 16.7. The molecule has 0 atom stereocenters. The Kier molecular flexibility index (Phi) is 4.74. The molecule has 148 valence electrons. The fourth-order valence-electron chi connectivity index (χ4n) is 4.09. The Morgan fingerprint density at radius 1 is 0.667 bits per heavy atom. The average molecular weight is 394 g/mol. The zero-order chi connectivity index (χ0) is 20.4. The molecule has 0 radical (unpaired) electrons. The largest absolute Gasteiger partial charge is 0.497 e. The van der Waals surface area contributed by atoms with Gasteiger partial charge in [0.1, 0.15) is 17.2 Å². The second kappa shape index (κ2) is 7.69. The van der Waals surface area contributed by atoms with E-state index in [-0.39, 0.29) is 0 Å². The van der Waals surface area contributed by atoms with E-state index in [4.69, 9.17) is 14.2 Å². The first kappa shape index (κ1) is 18.5. The van der Waals surface area contributed by atoms with Crippen LogP contribution >= 0.6 is 0 Å². The molecule has 1 aliphatic heterocycles. The molecule has 3 nitrogen and oxygen atoms in total. The molecule has 3 heteroatoms. The van der Waals surface area contributed by atoms with Gasteiger partial charge in [-0.1, -0.05) is 78.9 Å². The van der Waals surface area contributed by atoms with Crippen LogP contribution in [0.1, 0.15) is 22.3 Å². The topological polar surface area (TPSA) is 27.7 Å². The lowest BCUT2D eigenvalue weighted by Crippen LogP contribution is -2.35. The zero-order valence-corrected chi connectivity index (χ0v) is 16.7. The Morgan fingerprint density at radius 3 is 1.83 bits per heavy atom. The first-order valence-electron chi connectivity index (χ1n) is 10.0. The third kappa shape index (κ3) is 3.04. The van der Waals surface area contributed by atoms with Gasteiger partial charge >= 0.3 is 0 Å². The molecule has 0 saturated heterocycles. The van der Waals surface area contributed by atoms with Gasteiger partial charge in [0.2, 0.25) is 0 Å². The Morgan fingerprint density at radius 2 is 1.23 bits per heavy atom. The highest BCUT2D eigenvalue weighted by atomic mass is 16.5. The minimum absolute atomic E-state index is 0.446. The molecular formula is C27H22O3. The van der Waals surface area contributed by atoms with Crippen LogP contribution in [-0.4, -0.2) is 7.11 Å². The summed E-state index contributed by atoms with van der Waals surface area (Å²) in [6, 6.07) is 34.6. The van der Waals surface area contributed by atoms with Crippen LogP contribution in [0.15, 0.2) is 103 Å². The molecule has 1 aliphatic rings. The monoisotopic (exact) mass is 394 g/mol. The molecule has 0 spiro atoms. The van der Waals surface area contributed by atoms with E-state index in [0.717, 1.165) is 39.5 Å². The Labute approximate surface area is 176 Å². The van der Waals surface area contributed by atoms with E-state index in [0.29, 0.717) is 6.61 Å². The van der Waals surface area contributed by atoms with Gasteiger partial charge < -0.3 is 14.2 Å². The Hall–Kier alpha value is -3.56. The van der Waals surface area contributed by atoms with Gasteiger partial charge in [0.05, 0.1) is 13.7 Å². The molecule has 5 rings (SSSR count). The van der Waals surface area contributed by atoms with Gasteiger partial charge in [-0.15, -0.1) is 0 Å². The van der Waals surface area contributed by atoms with Gasteiger partial charge in [-0.25, -0.2) is 0 Å². The van der Waals surface area contributed by atoms with Crippen molar-refractivity contribution < 1.29 is 14.2 Å². The summed E-state index contributed by atoms with van der Waals surface area (Å²) in [6.07, 6.45) is 0. The van der Waals surface area contributed by atoms with Crippen LogP contribution in [-0.2, 0) is 16.9 Å². The number of para-hydroxylation sites is 2. The maximum Gasteiger partial charge on any atom is 0.151 e. The number of rotatable bonds is 5. The predicted molar refractivity (Wildman–Crippen MR) is 117 cm³/mol. The second-order valence-electron chi connectivity index (χ2n) is 7.28. The van der Waals surface area contributed by atoms with E-state index in [2.05, 4.69) is 36.4 Å². The minimum Gasteiger partial charge on any atom is -0.497 e. The average Bonchev–Trinajstić information content (AvgIpc) is 2.83. The number of fused-ring (bicyclic) bond motifs is 2. The van der Waals surface area contributed by atoms with E-state index in [1.807, 2.05) is 66.7 Å². The highest BCUT2D eigenvalue weighted by Gasteiger charge is 2.44. The fourth-order valence-corrected chi connectivity index (χ4v) is 4.09. The van der Waals surface area contributed by atoms with Crippen LogP contribution in [0.4, 0.5) is 0 Å². The lowest BCUT2D eigenvalue weighted by atomic mass is 9.77. The smallest absolute Gasteiger partial charge is 0.151 e. The number of benzene rings is 4. The van der Waals surface area contributed by atoms with Crippen molar-refractivity contribution in [3.8, 4) is 17.2 Å². The summed E-state index contributed by atoms with van der Waals surface area (Å²) in [4.78, 5) is 0. The maximum absolute atomic E-state index is 6.85. The van der Waals surface area contributed by atoms with Crippen molar-refractivity contribution in [2.45, 2.75) is 12.2 Å². The van der Waals surface area contributed by atoms with Gasteiger partial charge in [-0.2, -0.15) is 0 Å². The summed E-state index contributed by atoms with van der Waals surface area (Å²) < 4.78 is 18.4. The molecule has 0 aliphatic carbocycles. The van der Waals surface area contributed by atoms with Gasteiger partial charge in [0, 0.05) is 11.1 Å². The molecule has 0 bridgehead atoms. The van der Waals surface area contributed by atoms with Crippen molar-refractivity contribution >= 4 is 0 Å². The molecule has 0 fully saturated rings. The summed E-state index contributed by atoms with van der Waals surface area (Å²) in [5.74, 6) is 2.46. The van der Waals surface area contributed by atoms with Gasteiger partial charge in [0.25, 0.3) is 0 Å². The third-order valence-corrected chi connectivity index (χ3v) is 5.55. The summed E-state index contributed by atoms with van der Waals surface area (Å²) in [6.45, 7) is 0.446. The number of methoxy groups -OCH3 is 1. The molecule has 0 aromatic heterocycles. The van der Waals surface area contributed by atoms with E-state index < -0.39 is 5.60 Å². The summed E-state index contributed by atoms with van der Waals surface area (Å²) >= 11 is 0. The van der Waals surface area contributed by atoms with Crippen molar-refractivity contribution in [1.82, 2.24) is 0 Å². The van der Waals surface area contributed by atoms with Crippen molar-refractivity contribution in [2.24, 2.45) is 0 Å². The summed E-state index contributed by atoms with van der Waals surface area (Å²) in [7, 11) is 1.67. The molecule has 4 aromatic carbocycles. The first-order valence-corrected chi connectivity index (χ1v) is 10.0. The third-order valence-electron chi connectivity index (χ3n) is 5.55. The maximum atomic E-state index is 6.85. The van der Waals surface area contributed by atoms with Crippen molar-refractivity contribution in [3.05, 3.63) is 125 Å². The molecular weight excluding hydrogens is 372 g/mol. The highest BCUT2D eigenvalue weighted by Crippen LogP contribution is 2.52. The van der Waals surface area contributed by atoms with Crippen LogP contribution in [0.25, 0.3) is 0 Å². The molecule has 0 amide bonds. The van der Waals surface area contributed by atoms with E-state index >= 15 is 0 Å². The van der Waals surface area contributed by atoms with Crippen LogP contribution < -0.4 is 9.47 Å². The lowest BCUT2D eigenvalue weighted by molar-refractivity contribution is -0.00591. The molecule has 1 heterocycles. The van der Waals surface area contributed by atoms with E-state index in [1.54, 1.807) is 7.11 Å². The van der Waals surface area contributed by atoms with Crippen molar-refractivity contribution in [3.63, 3.8) is 0 Å². The van der Waals surface area contributed by atoms with Crippen LogP contribution in [0.2, 0.25) is 0 Å². The highest BCUT2D eigenvalue weighted by molar-refractivity contribution is 5.61. The lowest BCUT2D eigenvalue weighted by Gasteiger charge is -2.40. The number of ether oxygens (including phenoxy) is 3. The minimum atomic E-state index is -0.771. The van der Waals surface area contributed by atoms with Gasteiger partial charge in [-0.05, 0) is 35.4 Å². The molecule has 0 saturated carbocycles. The van der Waals surface area contributed by atoms with Crippen LogP contribution in [0, 0.1) is 0 Å². The van der Waals surface area contributed by atoms with Crippen molar-refractivity contribution in [2.75, 3.05) is 7.11 Å². The normalized spacial score (nSPS) is 13.6. The molecule has 4 aromatic rings. The Bertz CT molecular complexity index is 1100. The van der Waals surface area contributed by atoms with Crippen LogP contribution in [0.3, 0.4) is 0 Å². The fraction of sp³-hybridized carbons (Fsp3) is 0.111. The quantitative estimate of drug-likeness (QED) is 0.397. The molecule has 0 unspecified atom stereocenters. The summed E-state index contributed by atoms with van der Waals surface area (Å²) in [5, 5.41) is 0. The van der Waals surface area contributed by atoms with E-state index in [9.17, 15) is 0 Å². The number of hydrogen-bond acceptors (Lipinski definition) is 3. The standard InChI is InChI=1S/C27H22O3/c1-28-22-17-15-20(16-18-22)19-29-27(21-9-3-2-4-10-21)23-11-5-7-13-25(23)30-26-14-8-6-12-24(26)27/h2-18H,19H2,1H3. The second-order valence-corrected chi connectivity index (χ2v) is 7.28. The molecule has 0 N–H and O–H groups in total. The van der Waals surface area contributed by atoms with Gasteiger partial charge in [-0.3, -0.25) is 0 Å². The number of hydrogen-bond donors (Lipinski definition) is 0. The molecule has 30 heavy (non-hydrogen) atoms. The van der Waals surface area contributed by atoms with Crippen molar-refractivity contribution in [1.29, 1.82) is 0 Å². The predicted octanol–water partition coefficient (Wildman–Crippen LogP) is 6.31. The SMILES string of the molecule is COc1ccc(COC2(c3ccccc3)c3ccccc3Oc3ccccc32)cc1. The first-order chi connectivity index (χ1) is 14.8. The summed E-state index contributed by atoms with van der Waals surface area (Å²) in [5.41, 5.74) is 3.38. The van der Waals surface area contributed by atoms with Gasteiger partial charge in [0.15, 0.2) is 5.60 Å². The van der Waals surface area contributed by atoms with E-state index in [1.165, 1.54) is 0 Å². The Balaban J connectivity index is 1.67.